The van der Waals surface area contributed by atoms with Gasteiger partial charge < -0.3 is 19.8 Å². The van der Waals surface area contributed by atoms with Crippen molar-refractivity contribution in [3.05, 3.63) is 48.0 Å². The maximum absolute atomic E-state index is 12.3. The first-order chi connectivity index (χ1) is 9.51. The van der Waals surface area contributed by atoms with Crippen molar-refractivity contribution in [2.75, 3.05) is 19.1 Å². The summed E-state index contributed by atoms with van der Waals surface area (Å²) in [7, 11) is 3.16. The fraction of sp³-hybridized carbons (Fsp3) is 0.133. The second-order valence-electron chi connectivity index (χ2n) is 4.30. The molecule has 0 aliphatic rings. The topological polar surface area (TPSA) is 70.0 Å². The highest BCUT2D eigenvalue weighted by Gasteiger charge is 2.15. The van der Waals surface area contributed by atoms with Crippen molar-refractivity contribution < 1.29 is 19.7 Å². The van der Waals surface area contributed by atoms with Crippen molar-refractivity contribution >= 4 is 11.6 Å². The zero-order chi connectivity index (χ0) is 14.7. The van der Waals surface area contributed by atoms with Crippen LogP contribution in [0.15, 0.2) is 42.5 Å². The Bertz CT molecular complexity index is 619. The number of hydrogen-bond donors (Lipinski definition) is 2. The van der Waals surface area contributed by atoms with Gasteiger partial charge in [0.2, 0.25) is 0 Å². The van der Waals surface area contributed by atoms with E-state index in [1.54, 1.807) is 38.4 Å². The van der Waals surface area contributed by atoms with Crippen molar-refractivity contribution in [2.24, 2.45) is 0 Å². The number of hydrogen-bond acceptors (Lipinski definition) is 4. The minimum Gasteiger partial charge on any atom is -0.508 e. The molecular weight excluding hydrogens is 258 g/mol. The molecule has 0 bridgehead atoms. The smallest absolute Gasteiger partial charge is 0.258 e. The van der Waals surface area contributed by atoms with Gasteiger partial charge in [-0.1, -0.05) is 6.07 Å². The van der Waals surface area contributed by atoms with Gasteiger partial charge in [-0.3, -0.25) is 4.79 Å². The van der Waals surface area contributed by atoms with Gasteiger partial charge in [-0.2, -0.15) is 0 Å². The van der Waals surface area contributed by atoms with Crippen molar-refractivity contribution in [2.45, 2.75) is 0 Å². The summed E-state index contributed by atoms with van der Waals surface area (Å²) in [6.45, 7) is 0. The monoisotopic (exact) mass is 273 g/mol. The van der Waals surface area contributed by atoms with Crippen molar-refractivity contribution in [1.82, 2.24) is 0 Å². The summed E-state index contributed by atoms with van der Waals surface area (Å²) in [6, 6.07) is 10.8. The Labute approximate surface area is 116 Å². The first-order valence-electron chi connectivity index (χ1n) is 5.96. The third-order valence-corrected chi connectivity index (χ3v) is 2.89. The largest absolute Gasteiger partial charge is 0.508 e. The highest BCUT2D eigenvalue weighted by molar-refractivity contribution is 6.06. The molecule has 0 heterocycles. The van der Waals surface area contributed by atoms with Crippen LogP contribution >= 0.6 is 0 Å². The van der Waals surface area contributed by atoms with Gasteiger partial charge in [0, 0.05) is 30.4 Å². The molecule has 0 saturated heterocycles. The van der Waals surface area contributed by atoms with Gasteiger partial charge in [0.25, 0.3) is 5.91 Å². The Kier molecular flexibility index (Phi) is 3.79. The first-order valence-corrected chi connectivity index (χ1v) is 5.96. The maximum atomic E-state index is 12.3. The van der Waals surface area contributed by atoms with Crippen LogP contribution in [0, 0.1) is 0 Å². The van der Waals surface area contributed by atoms with E-state index in [9.17, 15) is 15.0 Å². The van der Waals surface area contributed by atoms with Crippen LogP contribution in [0.4, 0.5) is 5.69 Å². The number of carbonyl (C=O) groups excluding carboxylic acids is 1. The lowest BCUT2D eigenvalue weighted by atomic mass is 10.1. The normalized spacial score (nSPS) is 10.1. The molecule has 0 saturated carbocycles. The first kappa shape index (κ1) is 13.7. The average Bonchev–Trinajstić information content (AvgIpc) is 2.44. The van der Waals surface area contributed by atoms with Gasteiger partial charge in [0.15, 0.2) is 0 Å². The Hall–Kier alpha value is -2.69. The summed E-state index contributed by atoms with van der Waals surface area (Å²) in [5.74, 6) is -0.0230. The fourth-order valence-electron chi connectivity index (χ4n) is 1.85. The van der Waals surface area contributed by atoms with E-state index in [0.717, 1.165) is 0 Å². The second kappa shape index (κ2) is 5.52. The Morgan fingerprint density at radius 3 is 2.35 bits per heavy atom. The average molecular weight is 273 g/mol. The van der Waals surface area contributed by atoms with E-state index >= 15 is 0 Å². The van der Waals surface area contributed by atoms with Crippen molar-refractivity contribution in [1.29, 1.82) is 0 Å². The molecule has 0 spiro atoms. The van der Waals surface area contributed by atoms with E-state index in [4.69, 9.17) is 4.74 Å². The molecule has 0 atom stereocenters. The summed E-state index contributed by atoms with van der Waals surface area (Å²) < 4.78 is 5.11. The zero-order valence-electron chi connectivity index (χ0n) is 11.2. The van der Waals surface area contributed by atoms with Gasteiger partial charge in [0.1, 0.15) is 17.2 Å². The van der Waals surface area contributed by atoms with Gasteiger partial charge in [-0.15, -0.1) is 0 Å². The number of amides is 1. The van der Waals surface area contributed by atoms with Crippen LogP contribution in [0.3, 0.4) is 0 Å². The number of phenolic OH excluding ortho intramolecular Hbond substituents is 2. The minimum atomic E-state index is -0.343. The number of benzene rings is 2. The quantitative estimate of drug-likeness (QED) is 0.900. The Balaban J connectivity index is 2.31. The number of ether oxygens (including phenoxy) is 1. The SMILES string of the molecule is COc1cccc(N(C)C(=O)c2cc(O)cc(O)c2)c1. The molecule has 0 radical (unpaired) electrons. The molecule has 0 unspecified atom stereocenters. The number of aromatic hydroxyl groups is 2. The van der Waals surface area contributed by atoms with Gasteiger partial charge in [-0.05, 0) is 24.3 Å². The van der Waals surface area contributed by atoms with Crippen LogP contribution in [0.2, 0.25) is 0 Å². The molecule has 5 heteroatoms. The van der Waals surface area contributed by atoms with Crippen molar-refractivity contribution in [3.8, 4) is 17.2 Å². The molecule has 0 fully saturated rings. The lowest BCUT2D eigenvalue weighted by Crippen LogP contribution is -2.26. The van der Waals surface area contributed by atoms with E-state index in [2.05, 4.69) is 0 Å². The van der Waals surface area contributed by atoms with Crippen LogP contribution in [0.25, 0.3) is 0 Å². The number of phenols is 2. The lowest BCUT2D eigenvalue weighted by molar-refractivity contribution is 0.0992. The summed E-state index contributed by atoms with van der Waals surface area (Å²) in [4.78, 5) is 13.7. The minimum absolute atomic E-state index is 0.160. The third kappa shape index (κ3) is 2.83. The fourth-order valence-corrected chi connectivity index (χ4v) is 1.85. The van der Waals surface area contributed by atoms with Crippen LogP contribution in [-0.4, -0.2) is 30.3 Å². The van der Waals surface area contributed by atoms with E-state index in [0.29, 0.717) is 11.4 Å². The third-order valence-electron chi connectivity index (χ3n) is 2.89. The summed E-state index contributed by atoms with van der Waals surface area (Å²) in [5, 5.41) is 18.9. The van der Waals surface area contributed by atoms with E-state index in [1.165, 1.54) is 23.1 Å². The number of rotatable bonds is 3. The second-order valence-corrected chi connectivity index (χ2v) is 4.30. The molecule has 2 rings (SSSR count). The molecule has 0 aliphatic carbocycles. The molecule has 2 aromatic carbocycles. The van der Waals surface area contributed by atoms with E-state index in [1.807, 2.05) is 0 Å². The van der Waals surface area contributed by atoms with Crippen LogP contribution < -0.4 is 9.64 Å². The van der Waals surface area contributed by atoms with Crippen LogP contribution in [0.1, 0.15) is 10.4 Å². The van der Waals surface area contributed by atoms with Gasteiger partial charge >= 0.3 is 0 Å². The lowest BCUT2D eigenvalue weighted by Gasteiger charge is -2.18. The molecular formula is C15H15NO4. The number of carbonyl (C=O) groups is 1. The molecule has 104 valence electrons. The number of methoxy groups -OCH3 is 1. The van der Waals surface area contributed by atoms with Gasteiger partial charge in [0.05, 0.1) is 7.11 Å². The summed E-state index contributed by atoms with van der Waals surface area (Å²) in [6.07, 6.45) is 0. The molecule has 2 N–H and O–H groups in total. The summed E-state index contributed by atoms with van der Waals surface area (Å²) in [5.41, 5.74) is 0.852. The molecule has 0 aromatic heterocycles. The Morgan fingerprint density at radius 1 is 1.10 bits per heavy atom. The van der Waals surface area contributed by atoms with E-state index < -0.39 is 0 Å². The zero-order valence-corrected chi connectivity index (χ0v) is 11.2. The predicted octanol–water partition coefficient (Wildman–Crippen LogP) is 2.38. The van der Waals surface area contributed by atoms with E-state index in [-0.39, 0.29) is 23.0 Å². The Morgan fingerprint density at radius 2 is 1.75 bits per heavy atom. The van der Waals surface area contributed by atoms with Crippen LogP contribution in [0.5, 0.6) is 17.2 Å². The number of anilines is 1. The molecule has 5 nitrogen and oxygen atoms in total. The predicted molar refractivity (Wildman–Crippen MR) is 75.5 cm³/mol. The maximum Gasteiger partial charge on any atom is 0.258 e. The molecule has 0 aliphatic heterocycles. The van der Waals surface area contributed by atoms with Gasteiger partial charge in [-0.25, -0.2) is 0 Å². The highest BCUT2D eigenvalue weighted by atomic mass is 16.5. The molecule has 20 heavy (non-hydrogen) atoms. The number of nitrogens with zero attached hydrogens (tertiary/aromatic N) is 1. The molecule has 2 aromatic rings. The highest BCUT2D eigenvalue weighted by Crippen LogP contribution is 2.25. The summed E-state index contributed by atoms with van der Waals surface area (Å²) >= 11 is 0. The standard InChI is InChI=1S/C15H15NO4/c1-16(11-4-3-5-14(8-11)20-2)15(19)10-6-12(17)9-13(18)7-10/h3-9,17-18H,1-2H3. The van der Waals surface area contributed by atoms with Crippen LogP contribution in [-0.2, 0) is 0 Å². The molecule has 1 amide bonds. The van der Waals surface area contributed by atoms with Crippen molar-refractivity contribution in [3.63, 3.8) is 0 Å².